The van der Waals surface area contributed by atoms with E-state index in [9.17, 15) is 4.79 Å². The van der Waals surface area contributed by atoms with Crippen LogP contribution in [-0.4, -0.2) is 24.8 Å². The van der Waals surface area contributed by atoms with Crippen LogP contribution in [0.25, 0.3) is 0 Å². The summed E-state index contributed by atoms with van der Waals surface area (Å²) < 4.78 is 4.48. The first-order chi connectivity index (χ1) is 4.63. The van der Waals surface area contributed by atoms with Crippen LogP contribution >= 0.6 is 0 Å². The Morgan fingerprint density at radius 2 is 2.10 bits per heavy atom. The lowest BCUT2D eigenvalue weighted by Crippen LogP contribution is -2.22. The van der Waals surface area contributed by atoms with Crippen LogP contribution in [0.2, 0.25) is 0 Å². The minimum Gasteiger partial charge on any atom is -0.469 e. The summed E-state index contributed by atoms with van der Waals surface area (Å²) in [5.41, 5.74) is 0. The zero-order valence-corrected chi connectivity index (χ0v) is 6.63. The van der Waals surface area contributed by atoms with Crippen molar-refractivity contribution in [2.24, 2.45) is 11.8 Å². The molecule has 0 aliphatic rings. The van der Waals surface area contributed by atoms with Gasteiger partial charge in [-0.05, 0) is 5.92 Å². The van der Waals surface area contributed by atoms with Gasteiger partial charge in [-0.3, -0.25) is 4.79 Å². The summed E-state index contributed by atoms with van der Waals surface area (Å²) in [5, 5.41) is 8.64. The summed E-state index contributed by atoms with van der Waals surface area (Å²) in [6, 6.07) is 0. The summed E-state index contributed by atoms with van der Waals surface area (Å²) in [4.78, 5) is 10.8. The summed E-state index contributed by atoms with van der Waals surface area (Å²) in [6.45, 7) is 3.57. The molecule has 0 aliphatic heterocycles. The van der Waals surface area contributed by atoms with E-state index in [1.807, 2.05) is 6.92 Å². The second kappa shape index (κ2) is 4.28. The van der Waals surface area contributed by atoms with E-state index < -0.39 is 0 Å². The molecule has 3 nitrogen and oxygen atoms in total. The highest BCUT2D eigenvalue weighted by molar-refractivity contribution is 5.72. The van der Waals surface area contributed by atoms with Gasteiger partial charge < -0.3 is 9.84 Å². The number of hydrogen-bond acceptors (Lipinski definition) is 3. The molecule has 2 unspecified atom stereocenters. The van der Waals surface area contributed by atoms with Crippen LogP contribution in [0.4, 0.5) is 0 Å². The third-order valence-electron chi connectivity index (χ3n) is 1.71. The molecule has 0 amide bonds. The largest absolute Gasteiger partial charge is 0.469 e. The van der Waals surface area contributed by atoms with Crippen molar-refractivity contribution in [1.29, 1.82) is 0 Å². The van der Waals surface area contributed by atoms with Gasteiger partial charge in [-0.15, -0.1) is 0 Å². The van der Waals surface area contributed by atoms with Crippen molar-refractivity contribution in [2.45, 2.75) is 13.8 Å². The summed E-state index contributed by atoms with van der Waals surface area (Å²) in [7, 11) is 1.35. The molecule has 3 heteroatoms. The first-order valence-corrected chi connectivity index (χ1v) is 3.32. The van der Waals surface area contributed by atoms with Crippen molar-refractivity contribution in [2.75, 3.05) is 13.7 Å². The Bertz CT molecular complexity index is 111. The number of aliphatic hydroxyl groups is 1. The van der Waals surface area contributed by atoms with Gasteiger partial charge in [0.15, 0.2) is 0 Å². The average Bonchev–Trinajstić information content (AvgIpc) is 2.00. The molecule has 0 spiro atoms. The second-order valence-corrected chi connectivity index (χ2v) is 2.47. The Balaban J connectivity index is 3.81. The van der Waals surface area contributed by atoms with Gasteiger partial charge >= 0.3 is 5.97 Å². The number of ether oxygens (including phenoxy) is 1. The van der Waals surface area contributed by atoms with Gasteiger partial charge in [0.25, 0.3) is 0 Å². The van der Waals surface area contributed by atoms with Gasteiger partial charge in [0, 0.05) is 6.61 Å². The summed E-state index contributed by atoms with van der Waals surface area (Å²) in [6.07, 6.45) is 0. The minimum atomic E-state index is -0.262. The predicted octanol–water partition coefficient (Wildman–Crippen LogP) is 0.424. The van der Waals surface area contributed by atoms with Crippen molar-refractivity contribution in [1.82, 2.24) is 0 Å². The maximum atomic E-state index is 10.8. The van der Waals surface area contributed by atoms with Crippen LogP contribution in [0.3, 0.4) is 0 Å². The molecule has 0 aromatic heterocycles. The van der Waals surface area contributed by atoms with E-state index in [0.29, 0.717) is 0 Å². The Hall–Kier alpha value is -0.570. The molecule has 0 bridgehead atoms. The topological polar surface area (TPSA) is 46.5 Å². The van der Waals surface area contributed by atoms with E-state index in [1.165, 1.54) is 7.11 Å². The Labute approximate surface area is 61.0 Å². The Morgan fingerprint density at radius 3 is 2.40 bits per heavy atom. The van der Waals surface area contributed by atoms with E-state index in [0.717, 1.165) is 0 Å². The monoisotopic (exact) mass is 146 g/mol. The summed E-state index contributed by atoms with van der Waals surface area (Å²) in [5.74, 6) is -0.496. The highest BCUT2D eigenvalue weighted by atomic mass is 16.5. The van der Waals surface area contributed by atoms with E-state index >= 15 is 0 Å². The van der Waals surface area contributed by atoms with Gasteiger partial charge in [-0.2, -0.15) is 0 Å². The maximum Gasteiger partial charge on any atom is 0.308 e. The van der Waals surface area contributed by atoms with E-state index in [-0.39, 0.29) is 24.4 Å². The molecule has 0 saturated heterocycles. The lowest BCUT2D eigenvalue weighted by atomic mass is 9.97. The zero-order valence-electron chi connectivity index (χ0n) is 6.63. The van der Waals surface area contributed by atoms with Crippen LogP contribution in [-0.2, 0) is 9.53 Å². The molecule has 0 saturated carbocycles. The molecular weight excluding hydrogens is 132 g/mol. The minimum absolute atomic E-state index is 0.0209. The number of methoxy groups -OCH3 is 1. The molecule has 0 fully saturated rings. The van der Waals surface area contributed by atoms with Gasteiger partial charge in [-0.25, -0.2) is 0 Å². The Kier molecular flexibility index (Phi) is 4.03. The van der Waals surface area contributed by atoms with Gasteiger partial charge in [0.1, 0.15) is 0 Å². The van der Waals surface area contributed by atoms with E-state index in [1.54, 1.807) is 6.92 Å². The van der Waals surface area contributed by atoms with Gasteiger partial charge in [0.05, 0.1) is 13.0 Å². The number of aliphatic hydroxyl groups excluding tert-OH is 1. The lowest BCUT2D eigenvalue weighted by Gasteiger charge is -2.13. The number of esters is 1. The molecular formula is C7H14O3. The molecule has 60 valence electrons. The van der Waals surface area contributed by atoms with Crippen molar-refractivity contribution in [3.05, 3.63) is 0 Å². The molecule has 1 N–H and O–H groups in total. The second-order valence-electron chi connectivity index (χ2n) is 2.47. The molecule has 0 radical (unpaired) electrons. The fraction of sp³-hybridized carbons (Fsp3) is 0.857. The normalized spacial score (nSPS) is 16.0. The first-order valence-electron chi connectivity index (χ1n) is 3.32. The summed E-state index contributed by atoms with van der Waals surface area (Å²) >= 11 is 0. The average molecular weight is 146 g/mol. The molecule has 0 rings (SSSR count). The molecule has 0 aromatic rings. The third-order valence-corrected chi connectivity index (χ3v) is 1.71. The molecule has 10 heavy (non-hydrogen) atoms. The van der Waals surface area contributed by atoms with Crippen molar-refractivity contribution < 1.29 is 14.6 Å². The van der Waals surface area contributed by atoms with Crippen molar-refractivity contribution in [3.63, 3.8) is 0 Å². The quantitative estimate of drug-likeness (QED) is 0.587. The molecule has 0 aliphatic carbocycles. The number of carbonyl (C=O) groups is 1. The van der Waals surface area contributed by atoms with Crippen LogP contribution in [0.15, 0.2) is 0 Å². The highest BCUT2D eigenvalue weighted by Crippen LogP contribution is 2.10. The van der Waals surface area contributed by atoms with E-state index in [4.69, 9.17) is 5.11 Å². The van der Waals surface area contributed by atoms with Crippen LogP contribution in [0.5, 0.6) is 0 Å². The number of hydrogen-bond donors (Lipinski definition) is 1. The van der Waals surface area contributed by atoms with Crippen LogP contribution in [0.1, 0.15) is 13.8 Å². The van der Waals surface area contributed by atoms with Crippen molar-refractivity contribution >= 4 is 5.97 Å². The molecule has 0 aromatic carbocycles. The lowest BCUT2D eigenvalue weighted by molar-refractivity contribution is -0.147. The zero-order chi connectivity index (χ0) is 8.15. The smallest absolute Gasteiger partial charge is 0.308 e. The molecule has 0 heterocycles. The fourth-order valence-electron chi connectivity index (χ4n) is 0.576. The standard InChI is InChI=1S/C7H14O3/c1-5(4-8)6(2)7(9)10-3/h5-6,8H,4H2,1-3H3. The van der Waals surface area contributed by atoms with E-state index in [2.05, 4.69) is 4.74 Å². The van der Waals surface area contributed by atoms with Crippen molar-refractivity contribution in [3.8, 4) is 0 Å². The van der Waals surface area contributed by atoms with Crippen LogP contribution in [0, 0.1) is 11.8 Å². The first kappa shape index (κ1) is 9.43. The number of rotatable bonds is 3. The predicted molar refractivity (Wildman–Crippen MR) is 37.4 cm³/mol. The van der Waals surface area contributed by atoms with Gasteiger partial charge in [-0.1, -0.05) is 13.8 Å². The fourth-order valence-corrected chi connectivity index (χ4v) is 0.576. The number of carbonyl (C=O) groups excluding carboxylic acids is 1. The van der Waals surface area contributed by atoms with Crippen LogP contribution < -0.4 is 0 Å². The Morgan fingerprint density at radius 1 is 1.60 bits per heavy atom. The maximum absolute atomic E-state index is 10.8. The molecule has 2 atom stereocenters. The van der Waals surface area contributed by atoms with Gasteiger partial charge in [0.2, 0.25) is 0 Å². The third kappa shape index (κ3) is 2.35. The SMILES string of the molecule is COC(=O)C(C)C(C)CO. The highest BCUT2D eigenvalue weighted by Gasteiger charge is 2.19.